The minimum Gasteiger partial charge on any atom is -0.355 e. The summed E-state index contributed by atoms with van der Waals surface area (Å²) in [4.78, 5) is 10.5. The maximum atomic E-state index is 8.70. The Labute approximate surface area is 98.2 Å². The molecule has 0 spiro atoms. The molecule has 16 heavy (non-hydrogen) atoms. The lowest BCUT2D eigenvalue weighted by Gasteiger charge is -2.24. The second-order valence-corrected chi connectivity index (χ2v) is 4.57. The van der Waals surface area contributed by atoms with E-state index >= 15 is 0 Å². The first-order valence-electron chi connectivity index (χ1n) is 5.02. The zero-order valence-electron chi connectivity index (χ0n) is 9.21. The molecule has 2 rings (SSSR count). The van der Waals surface area contributed by atoms with Crippen molar-refractivity contribution in [1.82, 2.24) is 9.97 Å². The maximum absolute atomic E-state index is 8.70. The predicted octanol–water partition coefficient (Wildman–Crippen LogP) is 2.43. The van der Waals surface area contributed by atoms with Crippen molar-refractivity contribution in [2.24, 2.45) is 0 Å². The molecule has 4 nitrogen and oxygen atoms in total. The van der Waals surface area contributed by atoms with E-state index in [4.69, 9.17) is 5.26 Å². The van der Waals surface area contributed by atoms with Crippen molar-refractivity contribution in [3.63, 3.8) is 0 Å². The molecule has 0 N–H and O–H groups in total. The van der Waals surface area contributed by atoms with Crippen LogP contribution in [0.5, 0.6) is 0 Å². The summed E-state index contributed by atoms with van der Waals surface area (Å²) >= 11 is 1.63. The van der Waals surface area contributed by atoms with Crippen molar-refractivity contribution < 1.29 is 0 Å². The number of nitrogens with zero attached hydrogens (tertiary/aromatic N) is 4. The number of thiophene rings is 1. The second kappa shape index (κ2) is 4.45. The van der Waals surface area contributed by atoms with Crippen LogP contribution in [0.3, 0.4) is 0 Å². The van der Waals surface area contributed by atoms with Gasteiger partial charge in [0.2, 0.25) is 0 Å². The second-order valence-electron chi connectivity index (χ2n) is 3.65. The fourth-order valence-corrected chi connectivity index (χ4v) is 2.38. The van der Waals surface area contributed by atoms with Gasteiger partial charge in [0.05, 0.1) is 22.7 Å². The fourth-order valence-electron chi connectivity index (χ4n) is 1.50. The summed E-state index contributed by atoms with van der Waals surface area (Å²) in [5, 5.41) is 10.7. The molecule has 5 heteroatoms. The number of anilines is 1. The molecule has 0 saturated carbocycles. The van der Waals surface area contributed by atoms with Crippen LogP contribution in [0, 0.1) is 11.3 Å². The van der Waals surface area contributed by atoms with Gasteiger partial charge in [-0.3, -0.25) is 0 Å². The van der Waals surface area contributed by atoms with Crippen molar-refractivity contribution in [2.45, 2.75) is 19.4 Å². The van der Waals surface area contributed by atoms with Gasteiger partial charge in [-0.15, -0.1) is 11.3 Å². The number of hydrogen-bond acceptors (Lipinski definition) is 5. The highest BCUT2D eigenvalue weighted by atomic mass is 32.1. The summed E-state index contributed by atoms with van der Waals surface area (Å²) in [7, 11) is 1.96. The molecule has 1 unspecified atom stereocenters. The Kier molecular flexibility index (Phi) is 3.02. The van der Waals surface area contributed by atoms with Crippen molar-refractivity contribution in [3.8, 4) is 6.07 Å². The first kappa shape index (κ1) is 10.8. The molecule has 2 aromatic heterocycles. The van der Waals surface area contributed by atoms with E-state index in [0.717, 1.165) is 16.0 Å². The lowest BCUT2D eigenvalue weighted by molar-refractivity contribution is 0.696. The van der Waals surface area contributed by atoms with E-state index in [-0.39, 0.29) is 6.04 Å². The van der Waals surface area contributed by atoms with Gasteiger partial charge < -0.3 is 4.90 Å². The van der Waals surface area contributed by atoms with E-state index in [1.807, 2.05) is 30.3 Å². The Morgan fingerprint density at radius 3 is 3.12 bits per heavy atom. The molecular formula is C11H12N4S. The average Bonchev–Trinajstić information content (AvgIpc) is 2.76. The standard InChI is InChI=1S/C11H12N4S/c1-8(3-5-12)15(2)11-10-9(4-6-16-10)13-7-14-11/h4,6-8H,3H2,1-2H3. The highest BCUT2D eigenvalue weighted by molar-refractivity contribution is 7.17. The summed E-state index contributed by atoms with van der Waals surface area (Å²) in [6.07, 6.45) is 2.06. The maximum Gasteiger partial charge on any atom is 0.150 e. The average molecular weight is 232 g/mol. The van der Waals surface area contributed by atoms with Crippen LogP contribution in [0.15, 0.2) is 17.8 Å². The van der Waals surface area contributed by atoms with Gasteiger partial charge in [-0.25, -0.2) is 9.97 Å². The summed E-state index contributed by atoms with van der Waals surface area (Å²) in [6, 6.07) is 4.32. The first-order chi connectivity index (χ1) is 7.74. The van der Waals surface area contributed by atoms with Crippen molar-refractivity contribution in [1.29, 1.82) is 5.26 Å². The van der Waals surface area contributed by atoms with Gasteiger partial charge in [-0.1, -0.05) is 0 Å². The summed E-state index contributed by atoms with van der Waals surface area (Å²) in [5.74, 6) is 0.905. The van der Waals surface area contributed by atoms with Gasteiger partial charge in [0.1, 0.15) is 12.1 Å². The van der Waals surface area contributed by atoms with Gasteiger partial charge in [-0.05, 0) is 18.4 Å². The smallest absolute Gasteiger partial charge is 0.150 e. The number of rotatable bonds is 3. The summed E-state index contributed by atoms with van der Waals surface area (Å²) in [6.45, 7) is 2.02. The Morgan fingerprint density at radius 1 is 1.56 bits per heavy atom. The Bertz CT molecular complexity index is 528. The lowest BCUT2D eigenvalue weighted by atomic mass is 10.2. The van der Waals surface area contributed by atoms with Crippen LogP contribution < -0.4 is 4.90 Å². The zero-order chi connectivity index (χ0) is 11.5. The molecule has 0 saturated heterocycles. The van der Waals surface area contributed by atoms with Crippen LogP contribution in [0.25, 0.3) is 10.2 Å². The minimum absolute atomic E-state index is 0.158. The summed E-state index contributed by atoms with van der Waals surface area (Å²) < 4.78 is 1.08. The van der Waals surface area contributed by atoms with Crippen LogP contribution in [-0.4, -0.2) is 23.1 Å². The van der Waals surface area contributed by atoms with E-state index < -0.39 is 0 Å². The molecular weight excluding hydrogens is 220 g/mol. The molecule has 2 heterocycles. The number of aromatic nitrogens is 2. The molecule has 2 aromatic rings. The normalized spacial score (nSPS) is 12.3. The van der Waals surface area contributed by atoms with Gasteiger partial charge in [-0.2, -0.15) is 5.26 Å². The first-order valence-corrected chi connectivity index (χ1v) is 5.90. The van der Waals surface area contributed by atoms with E-state index in [1.165, 1.54) is 0 Å². The summed E-state index contributed by atoms with van der Waals surface area (Å²) in [5.41, 5.74) is 0.964. The highest BCUT2D eigenvalue weighted by Gasteiger charge is 2.14. The number of nitriles is 1. The van der Waals surface area contributed by atoms with E-state index in [0.29, 0.717) is 6.42 Å². The monoisotopic (exact) mass is 232 g/mol. The van der Waals surface area contributed by atoms with Gasteiger partial charge in [0.15, 0.2) is 0 Å². The lowest BCUT2D eigenvalue weighted by Crippen LogP contribution is -2.29. The van der Waals surface area contributed by atoms with E-state index in [9.17, 15) is 0 Å². The van der Waals surface area contributed by atoms with Crippen molar-refractivity contribution in [2.75, 3.05) is 11.9 Å². The minimum atomic E-state index is 0.158. The molecule has 0 aromatic carbocycles. The van der Waals surface area contributed by atoms with Gasteiger partial charge in [0, 0.05) is 13.1 Å². The Balaban J connectivity index is 2.39. The van der Waals surface area contributed by atoms with Crippen LogP contribution in [-0.2, 0) is 0 Å². The van der Waals surface area contributed by atoms with Gasteiger partial charge in [0.25, 0.3) is 0 Å². The van der Waals surface area contributed by atoms with E-state index in [1.54, 1.807) is 17.7 Å². The number of fused-ring (bicyclic) bond motifs is 1. The van der Waals surface area contributed by atoms with Crippen LogP contribution in [0.1, 0.15) is 13.3 Å². The molecule has 0 aliphatic carbocycles. The van der Waals surface area contributed by atoms with Crippen molar-refractivity contribution in [3.05, 3.63) is 17.8 Å². The van der Waals surface area contributed by atoms with E-state index in [2.05, 4.69) is 16.0 Å². The Morgan fingerprint density at radius 2 is 2.38 bits per heavy atom. The SMILES string of the molecule is CC(CC#N)N(C)c1ncnc2ccsc12. The topological polar surface area (TPSA) is 52.8 Å². The van der Waals surface area contributed by atoms with Crippen molar-refractivity contribution >= 4 is 27.4 Å². The Hall–Kier alpha value is -1.67. The third-order valence-corrected chi connectivity index (χ3v) is 3.51. The molecule has 0 radical (unpaired) electrons. The molecule has 0 aliphatic rings. The largest absolute Gasteiger partial charge is 0.355 e. The molecule has 0 fully saturated rings. The predicted molar refractivity (Wildman–Crippen MR) is 65.5 cm³/mol. The fraction of sp³-hybridized carbons (Fsp3) is 0.364. The molecule has 0 amide bonds. The van der Waals surface area contributed by atoms with Crippen LogP contribution in [0.4, 0.5) is 5.82 Å². The van der Waals surface area contributed by atoms with Gasteiger partial charge >= 0.3 is 0 Å². The van der Waals surface area contributed by atoms with Crippen LogP contribution >= 0.6 is 11.3 Å². The highest BCUT2D eigenvalue weighted by Crippen LogP contribution is 2.28. The zero-order valence-corrected chi connectivity index (χ0v) is 10.0. The molecule has 1 atom stereocenters. The third kappa shape index (κ3) is 1.84. The quantitative estimate of drug-likeness (QED) is 0.815. The molecule has 82 valence electrons. The third-order valence-electron chi connectivity index (χ3n) is 2.61. The van der Waals surface area contributed by atoms with Crippen LogP contribution in [0.2, 0.25) is 0 Å². The molecule has 0 aliphatic heterocycles. The molecule has 0 bridgehead atoms. The number of hydrogen-bond donors (Lipinski definition) is 0.